The lowest BCUT2D eigenvalue weighted by molar-refractivity contribution is 0.692. The summed E-state index contributed by atoms with van der Waals surface area (Å²) < 4.78 is 0. The molecule has 0 heterocycles. The van der Waals surface area contributed by atoms with Crippen molar-refractivity contribution in [3.8, 4) is 11.1 Å². The number of unbranched alkanes of at least 4 members (excludes halogenated alkanes) is 8. The van der Waals surface area contributed by atoms with Crippen molar-refractivity contribution in [3.63, 3.8) is 0 Å². The van der Waals surface area contributed by atoms with E-state index in [0.717, 1.165) is 37.1 Å². The fourth-order valence-electron chi connectivity index (χ4n) is 5.30. The van der Waals surface area contributed by atoms with Crippen LogP contribution in [0, 0.1) is 0 Å². The average Bonchev–Trinajstić information content (AvgIpc) is 2.83. The Bertz CT molecular complexity index is 781. The molecule has 4 N–H and O–H groups in total. The number of anilines is 2. The molecule has 0 aromatic heterocycles. The van der Waals surface area contributed by atoms with E-state index in [4.69, 9.17) is 11.5 Å². The second kappa shape index (κ2) is 15.8. The molecule has 0 unspecified atom stereocenters. The van der Waals surface area contributed by atoms with Gasteiger partial charge in [0.25, 0.3) is 0 Å². The van der Waals surface area contributed by atoms with E-state index in [1.165, 1.54) is 110 Å². The molecule has 0 saturated carbocycles. The van der Waals surface area contributed by atoms with Gasteiger partial charge in [0.2, 0.25) is 0 Å². The molecule has 2 heteroatoms. The first-order chi connectivity index (χ1) is 16.6. The van der Waals surface area contributed by atoms with Crippen LogP contribution in [-0.4, -0.2) is 0 Å². The number of nitrogens with two attached hydrogens (primary N) is 2. The van der Waals surface area contributed by atoms with Crippen LogP contribution in [-0.2, 0) is 25.7 Å². The van der Waals surface area contributed by atoms with E-state index in [9.17, 15) is 0 Å². The van der Waals surface area contributed by atoms with Gasteiger partial charge < -0.3 is 11.5 Å². The summed E-state index contributed by atoms with van der Waals surface area (Å²) in [7, 11) is 0. The average molecular weight is 465 g/mol. The van der Waals surface area contributed by atoms with Gasteiger partial charge in [0.05, 0.1) is 0 Å². The molecule has 0 atom stereocenters. The number of hydrogen-bond acceptors (Lipinski definition) is 2. The summed E-state index contributed by atoms with van der Waals surface area (Å²) in [6, 6.07) is 8.96. The van der Waals surface area contributed by atoms with Crippen LogP contribution in [0.15, 0.2) is 24.3 Å². The molecule has 0 aliphatic heterocycles. The molecule has 0 fully saturated rings. The van der Waals surface area contributed by atoms with Gasteiger partial charge in [-0.05, 0) is 96.9 Å². The smallest absolute Gasteiger partial charge is 0.0349 e. The standard InChI is InChI=1S/C32H52N2/c1-5-9-13-17-25-27(21-23-31(33)29(25)19-15-11-7-3)28-22-24-32(34)30(20-16-12-8-4)26(28)18-14-10-6-2/h21-24H,5-20,33-34H2,1-4H3. The fraction of sp³-hybridized carbons (Fsp3) is 0.625. The summed E-state index contributed by atoms with van der Waals surface area (Å²) in [5.41, 5.74) is 23.8. The highest BCUT2D eigenvalue weighted by atomic mass is 14.6. The van der Waals surface area contributed by atoms with Crippen LogP contribution in [0.1, 0.15) is 127 Å². The first-order valence-electron chi connectivity index (χ1n) is 14.4. The maximum absolute atomic E-state index is 6.61. The molecule has 2 nitrogen and oxygen atoms in total. The Kier molecular flexibility index (Phi) is 13.2. The van der Waals surface area contributed by atoms with Crippen LogP contribution in [0.25, 0.3) is 11.1 Å². The molecule has 190 valence electrons. The number of benzene rings is 2. The van der Waals surface area contributed by atoms with Gasteiger partial charge in [-0.25, -0.2) is 0 Å². The first-order valence-corrected chi connectivity index (χ1v) is 14.4. The molecular formula is C32H52N2. The third-order valence-electron chi connectivity index (χ3n) is 7.35. The predicted octanol–water partition coefficient (Wildman–Crippen LogP) is 9.45. The molecule has 2 rings (SSSR count). The lowest BCUT2D eigenvalue weighted by Crippen LogP contribution is -2.07. The zero-order valence-corrected chi connectivity index (χ0v) is 22.8. The predicted molar refractivity (Wildman–Crippen MR) is 154 cm³/mol. The largest absolute Gasteiger partial charge is 0.398 e. The zero-order chi connectivity index (χ0) is 24.8. The van der Waals surface area contributed by atoms with Crippen molar-refractivity contribution in [2.45, 2.75) is 130 Å². The zero-order valence-electron chi connectivity index (χ0n) is 22.8. The number of hydrogen-bond donors (Lipinski definition) is 2. The van der Waals surface area contributed by atoms with Crippen LogP contribution in [0.4, 0.5) is 11.4 Å². The van der Waals surface area contributed by atoms with Crippen molar-refractivity contribution >= 4 is 11.4 Å². The highest BCUT2D eigenvalue weighted by molar-refractivity contribution is 5.78. The van der Waals surface area contributed by atoms with Crippen molar-refractivity contribution in [2.75, 3.05) is 11.5 Å². The normalized spacial score (nSPS) is 11.3. The lowest BCUT2D eigenvalue weighted by atomic mass is 9.83. The maximum atomic E-state index is 6.61. The fourth-order valence-corrected chi connectivity index (χ4v) is 5.30. The Morgan fingerprint density at radius 3 is 1.00 bits per heavy atom. The Hall–Kier alpha value is -1.96. The summed E-state index contributed by atoms with van der Waals surface area (Å²) in [5.74, 6) is 0. The van der Waals surface area contributed by atoms with Gasteiger partial charge in [0.15, 0.2) is 0 Å². The minimum Gasteiger partial charge on any atom is -0.398 e. The summed E-state index contributed by atoms with van der Waals surface area (Å²) in [6.07, 6.45) is 19.4. The highest BCUT2D eigenvalue weighted by Gasteiger charge is 2.18. The Labute approximate surface area is 210 Å². The van der Waals surface area contributed by atoms with Gasteiger partial charge >= 0.3 is 0 Å². The van der Waals surface area contributed by atoms with Crippen LogP contribution in [0.5, 0.6) is 0 Å². The molecule has 0 spiro atoms. The van der Waals surface area contributed by atoms with Gasteiger partial charge in [-0.15, -0.1) is 0 Å². The minimum atomic E-state index is 0.984. The van der Waals surface area contributed by atoms with Crippen molar-refractivity contribution in [2.24, 2.45) is 0 Å². The van der Waals surface area contributed by atoms with Crippen molar-refractivity contribution in [3.05, 3.63) is 46.5 Å². The topological polar surface area (TPSA) is 52.0 Å². The van der Waals surface area contributed by atoms with Crippen molar-refractivity contribution in [1.29, 1.82) is 0 Å². The van der Waals surface area contributed by atoms with Gasteiger partial charge in [-0.2, -0.15) is 0 Å². The third-order valence-corrected chi connectivity index (χ3v) is 7.35. The summed E-state index contributed by atoms with van der Waals surface area (Å²) in [6.45, 7) is 9.13. The molecule has 0 saturated heterocycles. The Morgan fingerprint density at radius 1 is 0.412 bits per heavy atom. The summed E-state index contributed by atoms with van der Waals surface area (Å²) in [5, 5.41) is 0. The van der Waals surface area contributed by atoms with Crippen LogP contribution < -0.4 is 11.5 Å². The Morgan fingerprint density at radius 2 is 0.706 bits per heavy atom. The van der Waals surface area contributed by atoms with E-state index in [1.54, 1.807) is 0 Å². The van der Waals surface area contributed by atoms with Gasteiger partial charge in [0, 0.05) is 11.4 Å². The van der Waals surface area contributed by atoms with E-state index in [1.807, 2.05) is 0 Å². The van der Waals surface area contributed by atoms with Crippen LogP contribution >= 0.6 is 0 Å². The van der Waals surface area contributed by atoms with E-state index in [0.29, 0.717) is 0 Å². The van der Waals surface area contributed by atoms with E-state index in [2.05, 4.69) is 52.0 Å². The molecule has 34 heavy (non-hydrogen) atoms. The maximum Gasteiger partial charge on any atom is 0.0349 e. The van der Waals surface area contributed by atoms with Gasteiger partial charge in [0.1, 0.15) is 0 Å². The molecule has 0 aliphatic carbocycles. The highest BCUT2D eigenvalue weighted by Crippen LogP contribution is 2.38. The van der Waals surface area contributed by atoms with E-state index in [-0.39, 0.29) is 0 Å². The first kappa shape index (κ1) is 28.3. The van der Waals surface area contributed by atoms with Crippen molar-refractivity contribution in [1.82, 2.24) is 0 Å². The van der Waals surface area contributed by atoms with E-state index < -0.39 is 0 Å². The van der Waals surface area contributed by atoms with E-state index >= 15 is 0 Å². The molecule has 0 amide bonds. The molecule has 0 radical (unpaired) electrons. The minimum absolute atomic E-state index is 0.984. The van der Waals surface area contributed by atoms with Crippen LogP contribution in [0.3, 0.4) is 0 Å². The second-order valence-electron chi connectivity index (χ2n) is 10.1. The monoisotopic (exact) mass is 464 g/mol. The lowest BCUT2D eigenvalue weighted by Gasteiger charge is -2.22. The van der Waals surface area contributed by atoms with Crippen LogP contribution in [0.2, 0.25) is 0 Å². The second-order valence-corrected chi connectivity index (χ2v) is 10.1. The SMILES string of the molecule is CCCCCc1c(N)ccc(-c2ccc(N)c(CCCCC)c2CCCCC)c1CCCCC. The summed E-state index contributed by atoms with van der Waals surface area (Å²) in [4.78, 5) is 0. The molecular weight excluding hydrogens is 412 g/mol. The van der Waals surface area contributed by atoms with Crippen molar-refractivity contribution < 1.29 is 0 Å². The molecule has 2 aromatic rings. The quantitative estimate of drug-likeness (QED) is 0.181. The third kappa shape index (κ3) is 8.07. The summed E-state index contributed by atoms with van der Waals surface area (Å²) >= 11 is 0. The van der Waals surface area contributed by atoms with Gasteiger partial charge in [-0.3, -0.25) is 0 Å². The molecule has 2 aromatic carbocycles. The number of rotatable bonds is 17. The number of nitrogen functional groups attached to an aromatic ring is 2. The van der Waals surface area contributed by atoms with Gasteiger partial charge in [-0.1, -0.05) is 91.2 Å². The molecule has 0 bridgehead atoms. The molecule has 0 aliphatic rings. The Balaban J connectivity index is 2.61.